The van der Waals surface area contributed by atoms with Crippen LogP contribution in [0.4, 0.5) is 11.4 Å². The summed E-state index contributed by atoms with van der Waals surface area (Å²) < 4.78 is 0. The van der Waals surface area contributed by atoms with Crippen molar-refractivity contribution >= 4 is 22.9 Å². The van der Waals surface area contributed by atoms with Gasteiger partial charge in [0.25, 0.3) is 0 Å². The number of benzene rings is 2. The number of nitrogens with zero attached hydrogens (tertiary/aromatic N) is 2. The van der Waals surface area contributed by atoms with Crippen LogP contribution in [0.1, 0.15) is 60.7 Å². The minimum atomic E-state index is 0.225. The molecule has 4 nitrogen and oxygen atoms in total. The average molecular weight is 392 g/mol. The highest BCUT2D eigenvalue weighted by Gasteiger charge is 2.15. The first-order valence-electron chi connectivity index (χ1n) is 10.8. The first kappa shape index (κ1) is 21.3. The molecule has 4 heteroatoms. The Balaban J connectivity index is 1.89. The molecule has 1 heterocycles. The number of carbonyl (C=O) groups excluding carboxylic acids is 1. The highest BCUT2D eigenvalue weighted by molar-refractivity contribution is 6.02. The van der Waals surface area contributed by atoms with Gasteiger partial charge in [-0.15, -0.1) is 0 Å². The third-order valence-electron chi connectivity index (χ3n) is 5.56. The van der Waals surface area contributed by atoms with E-state index in [1.165, 1.54) is 5.69 Å². The van der Waals surface area contributed by atoms with Gasteiger partial charge >= 0.3 is 0 Å². The summed E-state index contributed by atoms with van der Waals surface area (Å²) in [6, 6.07) is 12.8. The maximum Gasteiger partial charge on any atom is 0.163 e. The topological polar surface area (TPSA) is 44.7 Å². The molecule has 0 radical (unpaired) electrons. The molecule has 0 amide bonds. The van der Waals surface area contributed by atoms with Crippen LogP contribution in [0.15, 0.2) is 41.4 Å². The normalized spacial score (nSPS) is 14.9. The van der Waals surface area contributed by atoms with Crippen LogP contribution < -0.4 is 10.2 Å². The van der Waals surface area contributed by atoms with Crippen molar-refractivity contribution in [3.8, 4) is 0 Å². The van der Waals surface area contributed by atoms with E-state index in [4.69, 9.17) is 4.99 Å². The van der Waals surface area contributed by atoms with Crippen molar-refractivity contribution in [2.45, 2.75) is 47.0 Å². The molecule has 2 aromatic carbocycles. The Morgan fingerprint density at radius 1 is 1.10 bits per heavy atom. The van der Waals surface area contributed by atoms with E-state index >= 15 is 0 Å². The van der Waals surface area contributed by atoms with Gasteiger partial charge < -0.3 is 10.2 Å². The maximum absolute atomic E-state index is 12.6. The standard InChI is InChI=1S/C25H33N3O/c1-5-7-25(29)23-16-18(3)17-24(22(23)6-2)27-19(4)20-8-10-21(11-9-20)28-14-12-26-13-15-28/h8-11,16-17,26H,5-7,12-15H2,1-4H3/b27-19+. The van der Waals surface area contributed by atoms with Gasteiger partial charge in [-0.3, -0.25) is 9.79 Å². The molecule has 0 aliphatic carbocycles. The van der Waals surface area contributed by atoms with Crippen molar-refractivity contribution in [1.82, 2.24) is 5.32 Å². The third kappa shape index (κ3) is 5.13. The Kier molecular flexibility index (Phi) is 7.21. The molecule has 0 aromatic heterocycles. The molecule has 1 aliphatic heterocycles. The Labute approximate surface area is 175 Å². The Morgan fingerprint density at radius 3 is 2.41 bits per heavy atom. The lowest BCUT2D eigenvalue weighted by molar-refractivity contribution is 0.0981. The predicted octanol–water partition coefficient (Wildman–Crippen LogP) is 5.09. The van der Waals surface area contributed by atoms with E-state index in [0.29, 0.717) is 6.42 Å². The van der Waals surface area contributed by atoms with Gasteiger partial charge in [0.2, 0.25) is 0 Å². The molecule has 1 saturated heterocycles. The molecule has 1 fully saturated rings. The number of nitrogens with one attached hydrogen (secondary N) is 1. The quantitative estimate of drug-likeness (QED) is 0.528. The first-order chi connectivity index (χ1) is 14.0. The number of piperazine rings is 1. The Hall–Kier alpha value is -2.46. The molecule has 0 bridgehead atoms. The van der Waals surface area contributed by atoms with E-state index in [1.54, 1.807) is 0 Å². The van der Waals surface area contributed by atoms with Crippen LogP contribution in [0.2, 0.25) is 0 Å². The minimum Gasteiger partial charge on any atom is -0.369 e. The molecule has 0 atom stereocenters. The van der Waals surface area contributed by atoms with Crippen LogP contribution in [0.3, 0.4) is 0 Å². The Bertz CT molecular complexity index is 878. The van der Waals surface area contributed by atoms with Crippen molar-refractivity contribution in [1.29, 1.82) is 0 Å². The number of rotatable bonds is 7. The number of anilines is 1. The van der Waals surface area contributed by atoms with E-state index < -0.39 is 0 Å². The van der Waals surface area contributed by atoms with Gasteiger partial charge in [0.05, 0.1) is 5.69 Å². The zero-order valence-corrected chi connectivity index (χ0v) is 18.2. The van der Waals surface area contributed by atoms with Gasteiger partial charge in [-0.2, -0.15) is 0 Å². The fraction of sp³-hybridized carbons (Fsp3) is 0.440. The van der Waals surface area contributed by atoms with Crippen LogP contribution in [0.25, 0.3) is 0 Å². The first-order valence-corrected chi connectivity index (χ1v) is 10.8. The zero-order chi connectivity index (χ0) is 20.8. The van der Waals surface area contributed by atoms with Crippen LogP contribution in [0, 0.1) is 6.92 Å². The van der Waals surface area contributed by atoms with Gasteiger partial charge in [-0.25, -0.2) is 0 Å². The van der Waals surface area contributed by atoms with E-state index in [9.17, 15) is 4.79 Å². The number of hydrogen-bond donors (Lipinski definition) is 1. The lowest BCUT2D eigenvalue weighted by Gasteiger charge is -2.29. The van der Waals surface area contributed by atoms with Crippen LogP contribution in [-0.4, -0.2) is 37.7 Å². The average Bonchev–Trinajstić information content (AvgIpc) is 2.74. The molecular formula is C25H33N3O. The van der Waals surface area contributed by atoms with E-state index in [1.807, 2.05) is 19.9 Å². The SMILES string of the molecule is CCCC(=O)c1cc(C)cc(/N=C(\C)c2ccc(N3CCNCC3)cc2)c1CC. The van der Waals surface area contributed by atoms with Gasteiger partial charge in [0.1, 0.15) is 0 Å². The lowest BCUT2D eigenvalue weighted by atomic mass is 9.95. The highest BCUT2D eigenvalue weighted by Crippen LogP contribution is 2.28. The Morgan fingerprint density at radius 2 is 1.79 bits per heavy atom. The smallest absolute Gasteiger partial charge is 0.163 e. The van der Waals surface area contributed by atoms with Crippen molar-refractivity contribution in [2.24, 2.45) is 4.99 Å². The van der Waals surface area contributed by atoms with Crippen LogP contribution in [-0.2, 0) is 6.42 Å². The maximum atomic E-state index is 12.6. The summed E-state index contributed by atoms with van der Waals surface area (Å²) in [5.41, 5.74) is 7.28. The largest absolute Gasteiger partial charge is 0.369 e. The molecule has 0 saturated carbocycles. The fourth-order valence-corrected chi connectivity index (χ4v) is 3.96. The number of Topliss-reactive ketones (excluding diaryl/α,β-unsaturated/α-hetero) is 1. The molecular weight excluding hydrogens is 358 g/mol. The third-order valence-corrected chi connectivity index (χ3v) is 5.56. The number of carbonyl (C=O) groups is 1. The summed E-state index contributed by atoms with van der Waals surface area (Å²) in [6.07, 6.45) is 2.26. The highest BCUT2D eigenvalue weighted by atomic mass is 16.1. The molecule has 1 N–H and O–H groups in total. The summed E-state index contributed by atoms with van der Waals surface area (Å²) in [5, 5.41) is 3.39. The van der Waals surface area contributed by atoms with Gasteiger partial charge in [-0.05, 0) is 67.6 Å². The molecule has 3 rings (SSSR count). The number of ketones is 1. The number of hydrogen-bond acceptors (Lipinski definition) is 4. The second kappa shape index (κ2) is 9.84. The lowest BCUT2D eigenvalue weighted by Crippen LogP contribution is -2.43. The van der Waals surface area contributed by atoms with Crippen molar-refractivity contribution in [2.75, 3.05) is 31.1 Å². The van der Waals surface area contributed by atoms with E-state index in [2.05, 4.69) is 54.4 Å². The summed E-state index contributed by atoms with van der Waals surface area (Å²) in [5.74, 6) is 0.225. The second-order valence-corrected chi connectivity index (χ2v) is 7.82. The van der Waals surface area contributed by atoms with Crippen molar-refractivity contribution in [3.63, 3.8) is 0 Å². The minimum absolute atomic E-state index is 0.225. The summed E-state index contributed by atoms with van der Waals surface area (Å²) >= 11 is 0. The molecule has 2 aromatic rings. The number of aliphatic imine (C=N–C) groups is 1. The predicted molar refractivity (Wildman–Crippen MR) is 123 cm³/mol. The molecule has 0 unspecified atom stereocenters. The van der Waals surface area contributed by atoms with Crippen molar-refractivity contribution in [3.05, 3.63) is 58.7 Å². The molecule has 0 spiro atoms. The summed E-state index contributed by atoms with van der Waals surface area (Å²) in [4.78, 5) is 20.0. The van der Waals surface area contributed by atoms with E-state index in [-0.39, 0.29) is 5.78 Å². The molecule has 154 valence electrons. The van der Waals surface area contributed by atoms with Crippen molar-refractivity contribution < 1.29 is 4.79 Å². The van der Waals surface area contributed by atoms with E-state index in [0.717, 1.165) is 72.7 Å². The van der Waals surface area contributed by atoms with Gasteiger partial charge in [-0.1, -0.05) is 26.0 Å². The molecule has 1 aliphatic rings. The summed E-state index contributed by atoms with van der Waals surface area (Å²) in [6.45, 7) is 12.4. The van der Waals surface area contributed by atoms with Crippen LogP contribution in [0.5, 0.6) is 0 Å². The molecule has 29 heavy (non-hydrogen) atoms. The monoisotopic (exact) mass is 391 g/mol. The van der Waals surface area contributed by atoms with Gasteiger partial charge in [0, 0.05) is 49.6 Å². The van der Waals surface area contributed by atoms with Gasteiger partial charge in [0.15, 0.2) is 5.78 Å². The number of aryl methyl sites for hydroxylation is 1. The van der Waals surface area contributed by atoms with Crippen LogP contribution >= 0.6 is 0 Å². The fourth-order valence-electron chi connectivity index (χ4n) is 3.96. The zero-order valence-electron chi connectivity index (χ0n) is 18.2. The second-order valence-electron chi connectivity index (χ2n) is 7.82. The summed E-state index contributed by atoms with van der Waals surface area (Å²) in [7, 11) is 0.